The van der Waals surface area contributed by atoms with Gasteiger partial charge < -0.3 is 19.6 Å². The van der Waals surface area contributed by atoms with E-state index in [2.05, 4.69) is 17.4 Å². The fourth-order valence-corrected chi connectivity index (χ4v) is 2.37. The smallest absolute Gasteiger partial charge is 0.265 e. The van der Waals surface area contributed by atoms with Crippen molar-refractivity contribution < 1.29 is 19.1 Å². The van der Waals surface area contributed by atoms with Crippen LogP contribution >= 0.6 is 0 Å². The van der Waals surface area contributed by atoms with E-state index in [0.717, 1.165) is 24.1 Å². The quantitative estimate of drug-likeness (QED) is 0.550. The highest BCUT2D eigenvalue weighted by atomic mass is 16.6. The molecule has 0 saturated carbocycles. The second-order valence-corrected chi connectivity index (χ2v) is 5.62. The zero-order chi connectivity index (χ0) is 18.8. The Labute approximate surface area is 153 Å². The highest BCUT2D eigenvalue weighted by molar-refractivity contribution is 5.91. The van der Waals surface area contributed by atoms with E-state index in [9.17, 15) is 4.79 Å². The molecule has 0 saturated heterocycles. The van der Waals surface area contributed by atoms with Crippen molar-refractivity contribution >= 4 is 17.8 Å². The molecule has 2 aromatic carbocycles. The molecule has 0 heterocycles. The largest absolute Gasteiger partial charge is 0.493 e. The second-order valence-electron chi connectivity index (χ2n) is 5.62. The summed E-state index contributed by atoms with van der Waals surface area (Å²) in [7, 11) is 3.14. The summed E-state index contributed by atoms with van der Waals surface area (Å²) in [5.74, 6) is 0.966. The zero-order valence-corrected chi connectivity index (χ0v) is 15.3. The molecule has 2 rings (SSSR count). The first-order valence-electron chi connectivity index (χ1n) is 8.42. The number of rotatable bonds is 9. The van der Waals surface area contributed by atoms with Crippen LogP contribution in [0.3, 0.4) is 0 Å². The SMILES string of the molecule is CCCc1ccc(NC(=O)CO/N=C/c2ccc(OC)c(OC)c2)cc1. The lowest BCUT2D eigenvalue weighted by Gasteiger charge is -2.07. The number of hydrogen-bond acceptors (Lipinski definition) is 5. The maximum Gasteiger partial charge on any atom is 0.265 e. The van der Waals surface area contributed by atoms with Gasteiger partial charge in [0.05, 0.1) is 20.4 Å². The van der Waals surface area contributed by atoms with E-state index in [4.69, 9.17) is 14.3 Å². The molecule has 0 aliphatic heterocycles. The molecule has 0 aromatic heterocycles. The molecule has 0 aliphatic carbocycles. The topological polar surface area (TPSA) is 69.2 Å². The lowest BCUT2D eigenvalue weighted by Crippen LogP contribution is -2.16. The van der Waals surface area contributed by atoms with Gasteiger partial charge in [-0.15, -0.1) is 0 Å². The minimum absolute atomic E-state index is 0.166. The number of nitrogens with zero attached hydrogens (tertiary/aromatic N) is 1. The van der Waals surface area contributed by atoms with Crippen molar-refractivity contribution in [1.82, 2.24) is 0 Å². The number of nitrogens with one attached hydrogen (secondary N) is 1. The van der Waals surface area contributed by atoms with Crippen LogP contribution in [0.2, 0.25) is 0 Å². The second kappa shape index (κ2) is 10.1. The van der Waals surface area contributed by atoms with Crippen molar-refractivity contribution in [2.45, 2.75) is 19.8 Å². The monoisotopic (exact) mass is 356 g/mol. The molecular weight excluding hydrogens is 332 g/mol. The number of carbonyl (C=O) groups is 1. The summed E-state index contributed by atoms with van der Waals surface area (Å²) in [6, 6.07) is 13.1. The molecule has 0 fully saturated rings. The van der Waals surface area contributed by atoms with E-state index < -0.39 is 0 Å². The maximum absolute atomic E-state index is 11.9. The van der Waals surface area contributed by atoms with E-state index in [1.807, 2.05) is 30.3 Å². The van der Waals surface area contributed by atoms with Gasteiger partial charge >= 0.3 is 0 Å². The molecule has 0 spiro atoms. The number of hydrogen-bond donors (Lipinski definition) is 1. The molecule has 0 unspecified atom stereocenters. The summed E-state index contributed by atoms with van der Waals surface area (Å²) in [5, 5.41) is 6.58. The molecule has 0 aliphatic rings. The molecule has 1 N–H and O–H groups in total. The van der Waals surface area contributed by atoms with Crippen molar-refractivity contribution in [2.24, 2.45) is 5.16 Å². The summed E-state index contributed by atoms with van der Waals surface area (Å²) in [6.07, 6.45) is 3.63. The number of amides is 1. The first-order chi connectivity index (χ1) is 12.7. The number of anilines is 1. The van der Waals surface area contributed by atoms with Crippen LogP contribution in [0, 0.1) is 0 Å². The first kappa shape index (κ1) is 19.3. The van der Waals surface area contributed by atoms with Crippen molar-refractivity contribution in [3.05, 3.63) is 53.6 Å². The third-order valence-corrected chi connectivity index (χ3v) is 3.66. The lowest BCUT2D eigenvalue weighted by atomic mass is 10.1. The van der Waals surface area contributed by atoms with Gasteiger partial charge in [-0.3, -0.25) is 4.79 Å². The molecule has 0 radical (unpaired) electrons. The van der Waals surface area contributed by atoms with E-state index in [1.165, 1.54) is 11.8 Å². The van der Waals surface area contributed by atoms with Gasteiger partial charge in [0, 0.05) is 11.3 Å². The lowest BCUT2D eigenvalue weighted by molar-refractivity contribution is -0.120. The van der Waals surface area contributed by atoms with Crippen molar-refractivity contribution in [2.75, 3.05) is 26.1 Å². The predicted octanol–water partition coefficient (Wildman–Crippen LogP) is 3.65. The van der Waals surface area contributed by atoms with Crippen LogP contribution in [0.1, 0.15) is 24.5 Å². The van der Waals surface area contributed by atoms with Crippen molar-refractivity contribution in [3.8, 4) is 11.5 Å². The van der Waals surface area contributed by atoms with Gasteiger partial charge in [0.2, 0.25) is 0 Å². The molecular formula is C20H24N2O4. The summed E-state index contributed by atoms with van der Waals surface area (Å²) in [4.78, 5) is 16.9. The number of oxime groups is 1. The summed E-state index contributed by atoms with van der Waals surface area (Å²) in [5.41, 5.74) is 2.76. The Kier molecular flexibility index (Phi) is 7.49. The van der Waals surface area contributed by atoms with Gasteiger partial charge in [0.1, 0.15) is 0 Å². The Hall–Kier alpha value is -3.02. The maximum atomic E-state index is 11.9. The van der Waals surface area contributed by atoms with Crippen LogP contribution in [0.4, 0.5) is 5.69 Å². The molecule has 2 aromatic rings. The van der Waals surface area contributed by atoms with E-state index in [-0.39, 0.29) is 12.5 Å². The van der Waals surface area contributed by atoms with E-state index >= 15 is 0 Å². The molecule has 1 amide bonds. The molecule has 0 bridgehead atoms. The predicted molar refractivity (Wildman–Crippen MR) is 102 cm³/mol. The third-order valence-electron chi connectivity index (χ3n) is 3.66. The van der Waals surface area contributed by atoms with Crippen LogP contribution in [0.15, 0.2) is 47.6 Å². The Morgan fingerprint density at radius 2 is 1.81 bits per heavy atom. The van der Waals surface area contributed by atoms with Crippen LogP contribution in [0.5, 0.6) is 11.5 Å². The summed E-state index contributed by atoms with van der Waals surface area (Å²) < 4.78 is 10.4. The van der Waals surface area contributed by atoms with Crippen molar-refractivity contribution in [3.63, 3.8) is 0 Å². The van der Waals surface area contributed by atoms with Gasteiger partial charge in [-0.1, -0.05) is 30.6 Å². The van der Waals surface area contributed by atoms with Gasteiger partial charge in [0.25, 0.3) is 5.91 Å². The first-order valence-corrected chi connectivity index (χ1v) is 8.42. The Bertz CT molecular complexity index is 742. The molecule has 6 nitrogen and oxygen atoms in total. The summed E-state index contributed by atoms with van der Waals surface area (Å²) in [6.45, 7) is 1.97. The number of ether oxygens (including phenoxy) is 2. The minimum Gasteiger partial charge on any atom is -0.493 e. The number of aryl methyl sites for hydroxylation is 1. The Morgan fingerprint density at radius 1 is 1.08 bits per heavy atom. The van der Waals surface area contributed by atoms with Crippen LogP contribution in [-0.2, 0) is 16.1 Å². The molecule has 138 valence electrons. The highest BCUT2D eigenvalue weighted by Crippen LogP contribution is 2.26. The summed E-state index contributed by atoms with van der Waals surface area (Å²) >= 11 is 0. The van der Waals surface area contributed by atoms with Crippen molar-refractivity contribution in [1.29, 1.82) is 0 Å². The van der Waals surface area contributed by atoms with Crippen LogP contribution in [-0.4, -0.2) is 32.9 Å². The standard InChI is InChI=1S/C20H24N2O4/c1-4-5-15-6-9-17(10-7-15)22-20(23)14-26-21-13-16-8-11-18(24-2)19(12-16)25-3/h6-13H,4-5,14H2,1-3H3,(H,22,23)/b21-13+. The average molecular weight is 356 g/mol. The number of carbonyl (C=O) groups excluding carboxylic acids is 1. The third kappa shape index (κ3) is 5.81. The fourth-order valence-electron chi connectivity index (χ4n) is 2.37. The molecule has 0 atom stereocenters. The number of benzene rings is 2. The van der Waals surface area contributed by atoms with Gasteiger partial charge in [-0.2, -0.15) is 0 Å². The molecule has 26 heavy (non-hydrogen) atoms. The van der Waals surface area contributed by atoms with Gasteiger partial charge in [-0.05, 0) is 42.3 Å². The van der Waals surface area contributed by atoms with E-state index in [1.54, 1.807) is 26.4 Å². The zero-order valence-electron chi connectivity index (χ0n) is 15.3. The number of methoxy groups -OCH3 is 2. The molecule has 6 heteroatoms. The Morgan fingerprint density at radius 3 is 2.46 bits per heavy atom. The normalized spacial score (nSPS) is 10.6. The van der Waals surface area contributed by atoms with Gasteiger partial charge in [0.15, 0.2) is 18.1 Å². The van der Waals surface area contributed by atoms with Crippen LogP contribution < -0.4 is 14.8 Å². The van der Waals surface area contributed by atoms with E-state index in [0.29, 0.717) is 11.5 Å². The van der Waals surface area contributed by atoms with Crippen LogP contribution in [0.25, 0.3) is 0 Å². The minimum atomic E-state index is -0.266. The average Bonchev–Trinajstić information content (AvgIpc) is 2.66. The van der Waals surface area contributed by atoms with Gasteiger partial charge in [-0.25, -0.2) is 0 Å². The Balaban J connectivity index is 1.81. The fraction of sp³-hybridized carbons (Fsp3) is 0.300. The highest BCUT2D eigenvalue weighted by Gasteiger charge is 2.04.